The average Bonchev–Trinajstić information content (AvgIpc) is 2.28. The lowest BCUT2D eigenvalue weighted by molar-refractivity contribution is -0.142. The van der Waals surface area contributed by atoms with Crippen LogP contribution in [-0.4, -0.2) is 19.7 Å². The monoisotopic (exact) mass is 272 g/mol. The minimum absolute atomic E-state index is 0.275. The Kier molecular flexibility index (Phi) is 4.62. The largest absolute Gasteiger partial charge is 0.497 e. The highest BCUT2D eigenvalue weighted by molar-refractivity contribution is 9.09. The zero-order valence-electron chi connectivity index (χ0n) is 8.70. The summed E-state index contributed by atoms with van der Waals surface area (Å²) < 4.78 is 9.92. The summed E-state index contributed by atoms with van der Waals surface area (Å²) in [5.74, 6) is 0.491. The van der Waals surface area contributed by atoms with Gasteiger partial charge in [-0.1, -0.05) is 28.1 Å². The van der Waals surface area contributed by atoms with Crippen molar-refractivity contribution in [3.63, 3.8) is 0 Å². The van der Waals surface area contributed by atoms with Crippen molar-refractivity contribution in [2.45, 2.75) is 11.8 Å². The molecule has 0 aliphatic carbocycles. The maximum Gasteiger partial charge on any atom is 0.324 e. The molecule has 0 bridgehead atoms. The summed E-state index contributed by atoms with van der Waals surface area (Å²) >= 11 is 3.28. The van der Waals surface area contributed by atoms with Gasteiger partial charge in [0.15, 0.2) is 0 Å². The molecule has 1 rings (SSSR count). The first kappa shape index (κ1) is 12.0. The van der Waals surface area contributed by atoms with Gasteiger partial charge in [0, 0.05) is 0 Å². The van der Waals surface area contributed by atoms with Gasteiger partial charge in [0.05, 0.1) is 13.7 Å². The Morgan fingerprint density at radius 1 is 1.40 bits per heavy atom. The van der Waals surface area contributed by atoms with Crippen molar-refractivity contribution in [1.29, 1.82) is 0 Å². The van der Waals surface area contributed by atoms with Crippen LogP contribution in [0.15, 0.2) is 24.3 Å². The number of carbonyl (C=O) groups excluding carboxylic acids is 1. The summed E-state index contributed by atoms with van der Waals surface area (Å²) in [5.41, 5.74) is 0.856. The minimum Gasteiger partial charge on any atom is -0.497 e. The van der Waals surface area contributed by atoms with Crippen LogP contribution in [0.3, 0.4) is 0 Å². The van der Waals surface area contributed by atoms with E-state index in [4.69, 9.17) is 9.47 Å². The van der Waals surface area contributed by atoms with Gasteiger partial charge in [0.2, 0.25) is 0 Å². The smallest absolute Gasteiger partial charge is 0.324 e. The second-order valence-corrected chi connectivity index (χ2v) is 3.80. The van der Waals surface area contributed by atoms with Crippen LogP contribution in [0.5, 0.6) is 5.75 Å². The Morgan fingerprint density at radius 3 is 2.47 bits per heavy atom. The fraction of sp³-hybridized carbons (Fsp3) is 0.364. The molecule has 82 valence electrons. The highest BCUT2D eigenvalue weighted by Gasteiger charge is 2.17. The van der Waals surface area contributed by atoms with E-state index in [0.717, 1.165) is 11.3 Å². The molecular formula is C11H13BrO3. The van der Waals surface area contributed by atoms with Gasteiger partial charge in [-0.25, -0.2) is 0 Å². The Morgan fingerprint density at radius 2 is 2.00 bits per heavy atom. The summed E-state index contributed by atoms with van der Waals surface area (Å²) in [4.78, 5) is 11.0. The lowest BCUT2D eigenvalue weighted by Gasteiger charge is -2.09. The number of carbonyl (C=O) groups is 1. The molecule has 0 heterocycles. The zero-order chi connectivity index (χ0) is 11.3. The predicted molar refractivity (Wildman–Crippen MR) is 61.3 cm³/mol. The van der Waals surface area contributed by atoms with Gasteiger partial charge in [-0.2, -0.15) is 0 Å². The molecular weight excluding hydrogens is 260 g/mol. The van der Waals surface area contributed by atoms with E-state index in [-0.39, 0.29) is 5.97 Å². The highest BCUT2D eigenvalue weighted by atomic mass is 79.9. The fourth-order valence-corrected chi connectivity index (χ4v) is 1.56. The molecule has 0 spiro atoms. The van der Waals surface area contributed by atoms with Crippen LogP contribution >= 0.6 is 15.9 Å². The van der Waals surface area contributed by atoms with Gasteiger partial charge in [0.1, 0.15) is 10.6 Å². The van der Waals surface area contributed by atoms with E-state index in [9.17, 15) is 4.79 Å². The fourth-order valence-electron chi connectivity index (χ4n) is 1.12. The third kappa shape index (κ3) is 3.23. The number of hydrogen-bond acceptors (Lipinski definition) is 3. The second kappa shape index (κ2) is 5.75. The Hall–Kier alpha value is -1.03. The van der Waals surface area contributed by atoms with Crippen molar-refractivity contribution in [2.75, 3.05) is 13.7 Å². The molecule has 1 aromatic carbocycles. The Bertz CT molecular complexity index is 321. The van der Waals surface area contributed by atoms with Crippen molar-refractivity contribution in [3.05, 3.63) is 29.8 Å². The van der Waals surface area contributed by atoms with Crippen LogP contribution in [-0.2, 0) is 9.53 Å². The molecule has 1 atom stereocenters. The van der Waals surface area contributed by atoms with Crippen LogP contribution in [0.2, 0.25) is 0 Å². The predicted octanol–water partition coefficient (Wildman–Crippen LogP) is 2.69. The van der Waals surface area contributed by atoms with E-state index >= 15 is 0 Å². The SMILES string of the molecule is CCOC(=O)C(Br)c1ccc(OC)cc1. The first-order chi connectivity index (χ1) is 7.19. The number of alkyl halides is 1. The van der Waals surface area contributed by atoms with Gasteiger partial charge in [-0.05, 0) is 24.6 Å². The Labute approximate surface area is 97.5 Å². The number of hydrogen-bond donors (Lipinski definition) is 0. The number of esters is 1. The molecule has 0 aliphatic rings. The standard InChI is InChI=1S/C11H13BrO3/c1-3-15-11(13)10(12)8-4-6-9(14-2)7-5-8/h4-7,10H,3H2,1-2H3. The van der Waals surface area contributed by atoms with Crippen LogP contribution < -0.4 is 4.74 Å². The van der Waals surface area contributed by atoms with E-state index in [2.05, 4.69) is 15.9 Å². The highest BCUT2D eigenvalue weighted by Crippen LogP contribution is 2.25. The molecule has 1 unspecified atom stereocenters. The number of methoxy groups -OCH3 is 1. The van der Waals surface area contributed by atoms with E-state index in [1.807, 2.05) is 24.3 Å². The maximum atomic E-state index is 11.4. The molecule has 0 aliphatic heterocycles. The molecule has 0 amide bonds. The summed E-state index contributed by atoms with van der Waals surface area (Å²) in [7, 11) is 1.60. The third-order valence-electron chi connectivity index (χ3n) is 1.90. The first-order valence-electron chi connectivity index (χ1n) is 4.63. The average molecular weight is 273 g/mol. The van der Waals surface area contributed by atoms with Crippen LogP contribution in [0.1, 0.15) is 17.3 Å². The normalized spacial score (nSPS) is 11.9. The van der Waals surface area contributed by atoms with Gasteiger partial charge < -0.3 is 9.47 Å². The van der Waals surface area contributed by atoms with Gasteiger partial charge in [-0.15, -0.1) is 0 Å². The summed E-state index contributed by atoms with van der Waals surface area (Å²) in [6.07, 6.45) is 0. The molecule has 0 fully saturated rings. The lowest BCUT2D eigenvalue weighted by atomic mass is 10.1. The zero-order valence-corrected chi connectivity index (χ0v) is 10.3. The molecule has 1 aromatic rings. The molecule has 0 N–H and O–H groups in total. The summed E-state index contributed by atoms with van der Waals surface area (Å²) in [5, 5.41) is 0. The number of halogens is 1. The van der Waals surface area contributed by atoms with E-state index in [0.29, 0.717) is 6.61 Å². The van der Waals surface area contributed by atoms with Crippen molar-refractivity contribution < 1.29 is 14.3 Å². The van der Waals surface area contributed by atoms with Crippen molar-refractivity contribution in [2.24, 2.45) is 0 Å². The number of benzene rings is 1. The lowest BCUT2D eigenvalue weighted by Crippen LogP contribution is -2.10. The second-order valence-electron chi connectivity index (χ2n) is 2.89. The van der Waals surface area contributed by atoms with E-state index < -0.39 is 4.83 Å². The van der Waals surface area contributed by atoms with E-state index in [1.165, 1.54) is 0 Å². The summed E-state index contributed by atoms with van der Waals surface area (Å²) in [6, 6.07) is 7.27. The van der Waals surface area contributed by atoms with Crippen molar-refractivity contribution >= 4 is 21.9 Å². The molecule has 0 saturated carbocycles. The van der Waals surface area contributed by atoms with Gasteiger partial charge >= 0.3 is 5.97 Å². The maximum absolute atomic E-state index is 11.4. The molecule has 0 radical (unpaired) electrons. The summed E-state index contributed by atoms with van der Waals surface area (Å²) in [6.45, 7) is 2.17. The van der Waals surface area contributed by atoms with Gasteiger partial charge in [-0.3, -0.25) is 4.79 Å². The molecule has 15 heavy (non-hydrogen) atoms. The number of rotatable bonds is 4. The quantitative estimate of drug-likeness (QED) is 0.625. The molecule has 0 saturated heterocycles. The van der Waals surface area contributed by atoms with Crippen LogP contribution in [0.25, 0.3) is 0 Å². The Balaban J connectivity index is 2.73. The molecule has 0 aromatic heterocycles. The van der Waals surface area contributed by atoms with Crippen LogP contribution in [0, 0.1) is 0 Å². The van der Waals surface area contributed by atoms with E-state index in [1.54, 1.807) is 14.0 Å². The van der Waals surface area contributed by atoms with Crippen molar-refractivity contribution in [3.8, 4) is 5.75 Å². The molecule has 3 nitrogen and oxygen atoms in total. The molecule has 4 heteroatoms. The third-order valence-corrected chi connectivity index (χ3v) is 2.80. The first-order valence-corrected chi connectivity index (χ1v) is 5.55. The van der Waals surface area contributed by atoms with Crippen LogP contribution in [0.4, 0.5) is 0 Å². The van der Waals surface area contributed by atoms with Crippen molar-refractivity contribution in [1.82, 2.24) is 0 Å². The minimum atomic E-state index is -0.414. The van der Waals surface area contributed by atoms with Gasteiger partial charge in [0.25, 0.3) is 0 Å². The topological polar surface area (TPSA) is 35.5 Å². The number of ether oxygens (including phenoxy) is 2.